The molecular weight excluding hydrogens is 507 g/mol. The molecule has 0 radical (unpaired) electrons. The summed E-state index contributed by atoms with van der Waals surface area (Å²) in [5.41, 5.74) is -0.950. The summed E-state index contributed by atoms with van der Waals surface area (Å²) < 4.78 is 72.8. The Bertz CT molecular complexity index is 1120. The number of nitrogens with zero attached hydrogens (tertiary/aromatic N) is 3. The number of thiazole rings is 1. The molecule has 0 aromatic carbocycles. The molecule has 0 spiro atoms. The molecule has 2 aromatic rings. The number of amides is 1. The van der Waals surface area contributed by atoms with Gasteiger partial charge in [0.2, 0.25) is 5.01 Å². The Kier molecular flexibility index (Phi) is 7.48. The maximum absolute atomic E-state index is 14.1. The smallest absolute Gasteiger partial charge is 0.408 e. The van der Waals surface area contributed by atoms with Crippen molar-refractivity contribution in [3.63, 3.8) is 0 Å². The fraction of sp³-hybridized carbons (Fsp3) is 0.565. The minimum absolute atomic E-state index is 0.00608. The van der Waals surface area contributed by atoms with E-state index in [9.17, 15) is 31.5 Å². The number of ether oxygens (including phenoxy) is 1. The van der Waals surface area contributed by atoms with Crippen molar-refractivity contribution >= 4 is 29.0 Å². The Morgan fingerprint density at radius 2 is 1.83 bits per heavy atom. The monoisotopic (exact) mass is 532 g/mol. The second kappa shape index (κ2) is 10.3. The molecule has 4 heterocycles. The second-order valence-electron chi connectivity index (χ2n) is 8.70. The highest BCUT2D eigenvalue weighted by molar-refractivity contribution is 7.17. The van der Waals surface area contributed by atoms with Crippen LogP contribution in [0.25, 0.3) is 10.4 Å². The van der Waals surface area contributed by atoms with Crippen LogP contribution in [0.3, 0.4) is 0 Å². The molecule has 0 unspecified atom stereocenters. The number of esters is 1. The largest absolute Gasteiger partial charge is 0.461 e. The van der Waals surface area contributed by atoms with E-state index in [-0.39, 0.29) is 52.1 Å². The van der Waals surface area contributed by atoms with E-state index in [2.05, 4.69) is 15.3 Å². The van der Waals surface area contributed by atoms with Crippen molar-refractivity contribution < 1.29 is 36.3 Å². The molecule has 0 saturated carbocycles. The van der Waals surface area contributed by atoms with Gasteiger partial charge in [-0.3, -0.25) is 4.79 Å². The lowest BCUT2D eigenvalue weighted by Crippen LogP contribution is -2.36. The molecule has 2 saturated heterocycles. The highest BCUT2D eigenvalue weighted by Crippen LogP contribution is 2.42. The van der Waals surface area contributed by atoms with Gasteiger partial charge in [-0.2, -0.15) is 13.2 Å². The summed E-state index contributed by atoms with van der Waals surface area (Å²) in [6.07, 6.45) is -3.68. The summed E-state index contributed by atoms with van der Waals surface area (Å²) in [4.78, 5) is 35.7. The number of hydrogen-bond donors (Lipinski definition) is 1. The molecule has 2 fully saturated rings. The minimum atomic E-state index is -4.60. The Morgan fingerprint density at radius 3 is 2.36 bits per heavy atom. The topological polar surface area (TPSA) is 84.4 Å². The lowest BCUT2D eigenvalue weighted by atomic mass is 10.0. The zero-order valence-electron chi connectivity index (χ0n) is 19.6. The van der Waals surface area contributed by atoms with E-state index < -0.39 is 36.1 Å². The first-order valence-corrected chi connectivity index (χ1v) is 12.5. The molecule has 2 aromatic heterocycles. The maximum atomic E-state index is 14.1. The highest BCUT2D eigenvalue weighted by Gasteiger charge is 2.44. The number of fused-ring (bicyclic) bond motifs is 2. The van der Waals surface area contributed by atoms with Crippen molar-refractivity contribution in [2.75, 3.05) is 11.9 Å². The fourth-order valence-electron chi connectivity index (χ4n) is 4.81. The predicted molar refractivity (Wildman–Crippen MR) is 122 cm³/mol. The van der Waals surface area contributed by atoms with Crippen molar-refractivity contribution in [1.82, 2.24) is 14.9 Å². The van der Waals surface area contributed by atoms with E-state index in [4.69, 9.17) is 4.74 Å². The third-order valence-electron chi connectivity index (χ3n) is 6.51. The molecule has 36 heavy (non-hydrogen) atoms. The Balaban J connectivity index is 1.77. The van der Waals surface area contributed by atoms with Gasteiger partial charge in [0.05, 0.1) is 11.5 Å². The summed E-state index contributed by atoms with van der Waals surface area (Å²) in [6.45, 7) is 2.95. The summed E-state index contributed by atoms with van der Waals surface area (Å²) in [5.74, 6) is -1.64. The van der Waals surface area contributed by atoms with Crippen LogP contribution >= 0.6 is 11.3 Å². The van der Waals surface area contributed by atoms with Gasteiger partial charge in [0.1, 0.15) is 17.6 Å². The number of anilines is 1. The van der Waals surface area contributed by atoms with Crippen molar-refractivity contribution in [3.05, 3.63) is 28.5 Å². The van der Waals surface area contributed by atoms with Crippen molar-refractivity contribution in [3.8, 4) is 10.4 Å². The van der Waals surface area contributed by atoms with Gasteiger partial charge < -0.3 is 15.0 Å². The van der Waals surface area contributed by atoms with Crippen LogP contribution in [-0.2, 0) is 4.74 Å². The van der Waals surface area contributed by atoms with Crippen LogP contribution in [0.15, 0.2) is 12.3 Å². The Labute approximate surface area is 208 Å². The lowest BCUT2D eigenvalue weighted by molar-refractivity contribution is -0.142. The number of alkyl halides is 5. The van der Waals surface area contributed by atoms with E-state index in [1.54, 1.807) is 11.8 Å². The van der Waals surface area contributed by atoms with Crippen LogP contribution in [0.5, 0.6) is 0 Å². The van der Waals surface area contributed by atoms with Crippen LogP contribution in [-0.4, -0.2) is 57.7 Å². The Morgan fingerprint density at radius 1 is 1.19 bits per heavy atom. The number of rotatable bonds is 8. The van der Waals surface area contributed by atoms with Crippen LogP contribution in [0.2, 0.25) is 0 Å². The normalized spacial score (nSPS) is 20.2. The highest BCUT2D eigenvalue weighted by atomic mass is 32.1. The number of aromatic nitrogens is 2. The number of nitrogens with one attached hydrogen (secondary N) is 1. The van der Waals surface area contributed by atoms with E-state index in [1.165, 1.54) is 6.92 Å². The fourth-order valence-corrected chi connectivity index (χ4v) is 5.79. The van der Waals surface area contributed by atoms with Gasteiger partial charge in [0, 0.05) is 29.4 Å². The summed E-state index contributed by atoms with van der Waals surface area (Å²) >= 11 is 0.724. The predicted octanol–water partition coefficient (Wildman–Crippen LogP) is 5.84. The first kappa shape index (κ1) is 26.2. The van der Waals surface area contributed by atoms with E-state index in [1.807, 2.05) is 0 Å². The molecule has 7 nitrogen and oxygen atoms in total. The van der Waals surface area contributed by atoms with Gasteiger partial charge >= 0.3 is 12.1 Å². The van der Waals surface area contributed by atoms with E-state index in [0.717, 1.165) is 49.3 Å². The Hall–Kier alpha value is -2.83. The minimum Gasteiger partial charge on any atom is -0.461 e. The summed E-state index contributed by atoms with van der Waals surface area (Å²) in [5, 5.41) is 1.98. The molecular formula is C23H25F5N4O3S. The first-order chi connectivity index (χ1) is 17.0. The number of carbonyl (C=O) groups is 2. The van der Waals surface area contributed by atoms with Crippen LogP contribution in [0.1, 0.15) is 78.2 Å². The molecule has 1 atom stereocenters. The number of pyridine rings is 1. The molecule has 196 valence electrons. The molecule has 2 bridgehead atoms. The zero-order valence-corrected chi connectivity index (χ0v) is 20.4. The SMILES string of the molecule is CCOC(=O)c1nc(C(=O)N2[C@H]3CC[C@@H]2CC3)c(-c2cnc(N[C@@H](CC)C(F)(F)F)cc2C(F)F)s1. The molecule has 4 rings (SSSR count). The number of halogens is 5. The summed E-state index contributed by atoms with van der Waals surface area (Å²) in [7, 11) is 0. The van der Waals surface area contributed by atoms with E-state index in [0.29, 0.717) is 0 Å². The third-order valence-corrected chi connectivity index (χ3v) is 7.58. The molecule has 0 aliphatic carbocycles. The average molecular weight is 533 g/mol. The quantitative estimate of drug-likeness (QED) is 0.340. The average Bonchev–Trinajstić information content (AvgIpc) is 3.56. The second-order valence-corrected chi connectivity index (χ2v) is 9.70. The molecule has 1 amide bonds. The zero-order chi connectivity index (χ0) is 26.2. The first-order valence-electron chi connectivity index (χ1n) is 11.7. The van der Waals surface area contributed by atoms with Gasteiger partial charge in [0.25, 0.3) is 12.3 Å². The molecule has 1 N–H and O–H groups in total. The number of carbonyl (C=O) groups excluding carboxylic acids is 2. The maximum Gasteiger partial charge on any atom is 0.408 e. The van der Waals surface area contributed by atoms with Gasteiger partial charge in [-0.05, 0) is 45.1 Å². The molecule has 2 aliphatic heterocycles. The van der Waals surface area contributed by atoms with Crippen molar-refractivity contribution in [2.45, 2.75) is 76.7 Å². The molecule has 2 aliphatic rings. The van der Waals surface area contributed by atoms with Gasteiger partial charge in [-0.15, -0.1) is 11.3 Å². The lowest BCUT2D eigenvalue weighted by Gasteiger charge is -2.22. The summed E-state index contributed by atoms with van der Waals surface area (Å²) in [6, 6.07) is -1.08. The van der Waals surface area contributed by atoms with Gasteiger partial charge in [-0.25, -0.2) is 23.5 Å². The van der Waals surface area contributed by atoms with E-state index >= 15 is 0 Å². The van der Waals surface area contributed by atoms with Crippen LogP contribution < -0.4 is 5.32 Å². The number of hydrogen-bond acceptors (Lipinski definition) is 7. The molecule has 13 heteroatoms. The van der Waals surface area contributed by atoms with Crippen LogP contribution in [0, 0.1) is 0 Å². The van der Waals surface area contributed by atoms with Gasteiger partial charge in [0.15, 0.2) is 0 Å². The standard InChI is InChI=1S/C23H25F5N4O3S/c1-3-15(23(26,27)28)30-16-9-13(19(24)25)14(10-29-16)18-17(31-20(36-18)22(34)35-4-2)21(33)32-11-5-6-12(32)8-7-11/h9-12,15,19H,3-8H2,1-2H3,(H,29,30)/t11-,12+,15-/m0/s1. The van der Waals surface area contributed by atoms with Crippen LogP contribution in [0.4, 0.5) is 27.8 Å². The van der Waals surface area contributed by atoms with Crippen molar-refractivity contribution in [2.24, 2.45) is 0 Å². The third kappa shape index (κ3) is 5.02. The van der Waals surface area contributed by atoms with Gasteiger partial charge in [-0.1, -0.05) is 6.92 Å². The van der Waals surface area contributed by atoms with Crippen molar-refractivity contribution in [1.29, 1.82) is 0 Å².